The maximum Gasteiger partial charge on any atom is 0.308 e. The SMILES string of the molecule is C/C=C/c1c(-c2ccc(O[C@H]3CCC[C@H](C(=O)OC)C3)c(C)n2)nnn1C. The quantitative estimate of drug-likeness (QED) is 0.751. The molecule has 144 valence electrons. The number of aromatic nitrogens is 4. The molecule has 7 heteroatoms. The summed E-state index contributed by atoms with van der Waals surface area (Å²) in [5.41, 5.74) is 3.21. The maximum absolute atomic E-state index is 11.8. The number of esters is 1. The van der Waals surface area contributed by atoms with Gasteiger partial charge in [0.25, 0.3) is 0 Å². The van der Waals surface area contributed by atoms with Crippen LogP contribution in [0.25, 0.3) is 17.5 Å². The van der Waals surface area contributed by atoms with Gasteiger partial charge in [-0.15, -0.1) is 5.10 Å². The van der Waals surface area contributed by atoms with Crippen molar-refractivity contribution in [2.45, 2.75) is 45.6 Å². The first-order valence-electron chi connectivity index (χ1n) is 9.28. The fraction of sp³-hybridized carbons (Fsp3) is 0.500. The second-order valence-corrected chi connectivity index (χ2v) is 6.85. The number of pyridine rings is 1. The molecule has 0 unspecified atom stereocenters. The predicted octanol–water partition coefficient (Wildman–Crippen LogP) is 3.33. The molecule has 1 fully saturated rings. The Morgan fingerprint density at radius 2 is 2.15 bits per heavy atom. The van der Waals surface area contributed by atoms with Gasteiger partial charge in [-0.3, -0.25) is 4.79 Å². The summed E-state index contributed by atoms with van der Waals surface area (Å²) in [4.78, 5) is 16.5. The van der Waals surface area contributed by atoms with Gasteiger partial charge < -0.3 is 9.47 Å². The minimum absolute atomic E-state index is 0.00398. The van der Waals surface area contributed by atoms with Gasteiger partial charge >= 0.3 is 5.97 Å². The van der Waals surface area contributed by atoms with Gasteiger partial charge in [0.15, 0.2) is 0 Å². The van der Waals surface area contributed by atoms with E-state index in [1.165, 1.54) is 7.11 Å². The van der Waals surface area contributed by atoms with Crippen molar-refractivity contribution in [3.05, 3.63) is 29.6 Å². The molecule has 0 amide bonds. The number of hydrogen-bond donors (Lipinski definition) is 0. The Morgan fingerprint density at radius 1 is 1.33 bits per heavy atom. The molecule has 2 aromatic heterocycles. The fourth-order valence-electron chi connectivity index (χ4n) is 3.51. The van der Waals surface area contributed by atoms with Crippen LogP contribution in [0.5, 0.6) is 5.75 Å². The first kappa shape index (κ1) is 19.1. The zero-order valence-corrected chi connectivity index (χ0v) is 16.3. The van der Waals surface area contributed by atoms with Crippen molar-refractivity contribution in [3.63, 3.8) is 0 Å². The standard InChI is InChI=1S/C20H26N4O3/c1-5-7-17-19(22-23-24(17)3)16-10-11-18(13(2)21-16)27-15-9-6-8-14(12-15)20(25)26-4/h5,7,10-11,14-15H,6,8-9,12H2,1-4H3/b7-5+/t14-,15-/m0/s1. The average Bonchev–Trinajstić information content (AvgIpc) is 3.04. The maximum atomic E-state index is 11.8. The molecule has 27 heavy (non-hydrogen) atoms. The fourth-order valence-corrected chi connectivity index (χ4v) is 3.51. The van der Waals surface area contributed by atoms with Crippen LogP contribution in [0.4, 0.5) is 0 Å². The van der Waals surface area contributed by atoms with E-state index in [-0.39, 0.29) is 18.0 Å². The van der Waals surface area contributed by atoms with Gasteiger partial charge in [0.2, 0.25) is 0 Å². The van der Waals surface area contributed by atoms with Crippen molar-refractivity contribution >= 4 is 12.0 Å². The summed E-state index contributed by atoms with van der Waals surface area (Å²) >= 11 is 0. The lowest BCUT2D eigenvalue weighted by molar-refractivity contribution is -0.147. The van der Waals surface area contributed by atoms with E-state index in [4.69, 9.17) is 9.47 Å². The molecule has 2 aromatic rings. The van der Waals surface area contributed by atoms with Crippen LogP contribution in [0, 0.1) is 12.8 Å². The minimum Gasteiger partial charge on any atom is -0.489 e. The number of aryl methyl sites for hydroxylation is 2. The zero-order valence-electron chi connectivity index (χ0n) is 16.3. The topological polar surface area (TPSA) is 79.1 Å². The first-order valence-corrected chi connectivity index (χ1v) is 9.28. The Labute approximate surface area is 159 Å². The Balaban J connectivity index is 1.77. The van der Waals surface area contributed by atoms with Gasteiger partial charge in [-0.05, 0) is 57.7 Å². The molecule has 0 radical (unpaired) electrons. The second kappa shape index (κ2) is 8.33. The highest BCUT2D eigenvalue weighted by Gasteiger charge is 2.29. The number of methoxy groups -OCH3 is 1. The summed E-state index contributed by atoms with van der Waals surface area (Å²) in [6.07, 6.45) is 7.36. The van der Waals surface area contributed by atoms with E-state index in [0.29, 0.717) is 6.42 Å². The van der Waals surface area contributed by atoms with Crippen LogP contribution in [-0.2, 0) is 16.6 Å². The zero-order chi connectivity index (χ0) is 19.4. The molecule has 7 nitrogen and oxygen atoms in total. The van der Waals surface area contributed by atoms with Crippen LogP contribution >= 0.6 is 0 Å². The Hall–Kier alpha value is -2.70. The molecule has 1 saturated carbocycles. The van der Waals surface area contributed by atoms with E-state index < -0.39 is 0 Å². The van der Waals surface area contributed by atoms with Crippen molar-refractivity contribution in [1.82, 2.24) is 20.0 Å². The molecular weight excluding hydrogens is 344 g/mol. The third-order valence-corrected chi connectivity index (χ3v) is 4.93. The largest absolute Gasteiger partial charge is 0.489 e. The normalized spacial score (nSPS) is 20.0. The molecule has 1 aliphatic rings. The Bertz CT molecular complexity index is 844. The van der Waals surface area contributed by atoms with Crippen molar-refractivity contribution in [3.8, 4) is 17.1 Å². The summed E-state index contributed by atoms with van der Waals surface area (Å²) in [6.45, 7) is 3.88. The van der Waals surface area contributed by atoms with Gasteiger partial charge in [0.05, 0.1) is 36.2 Å². The molecule has 0 aliphatic heterocycles. The van der Waals surface area contributed by atoms with Crippen LogP contribution in [0.2, 0.25) is 0 Å². The number of nitrogens with zero attached hydrogens (tertiary/aromatic N) is 4. The van der Waals surface area contributed by atoms with Gasteiger partial charge in [0.1, 0.15) is 11.4 Å². The highest BCUT2D eigenvalue weighted by atomic mass is 16.5. The third-order valence-electron chi connectivity index (χ3n) is 4.93. The summed E-state index contributed by atoms with van der Waals surface area (Å²) < 4.78 is 12.8. The van der Waals surface area contributed by atoms with Gasteiger partial charge in [-0.2, -0.15) is 0 Å². The number of rotatable bonds is 5. The molecule has 0 spiro atoms. The summed E-state index contributed by atoms with van der Waals surface area (Å²) in [7, 11) is 3.30. The van der Waals surface area contributed by atoms with Crippen LogP contribution < -0.4 is 4.74 Å². The molecule has 2 heterocycles. The van der Waals surface area contributed by atoms with Crippen LogP contribution in [-0.4, -0.2) is 39.2 Å². The van der Waals surface area contributed by atoms with E-state index in [1.807, 2.05) is 45.2 Å². The summed E-state index contributed by atoms with van der Waals surface area (Å²) in [5.74, 6) is 0.516. The van der Waals surface area contributed by atoms with Gasteiger partial charge in [-0.1, -0.05) is 11.3 Å². The Kier molecular flexibility index (Phi) is 5.88. The monoisotopic (exact) mass is 370 g/mol. The third kappa shape index (κ3) is 4.18. The molecule has 0 bridgehead atoms. The second-order valence-electron chi connectivity index (χ2n) is 6.85. The predicted molar refractivity (Wildman–Crippen MR) is 102 cm³/mol. The minimum atomic E-state index is -0.146. The number of ether oxygens (including phenoxy) is 2. The van der Waals surface area contributed by atoms with Crippen molar-refractivity contribution in [2.24, 2.45) is 13.0 Å². The van der Waals surface area contributed by atoms with E-state index >= 15 is 0 Å². The van der Waals surface area contributed by atoms with E-state index in [9.17, 15) is 4.79 Å². The lowest BCUT2D eigenvalue weighted by atomic mass is 9.87. The van der Waals surface area contributed by atoms with Gasteiger partial charge in [0, 0.05) is 7.05 Å². The van der Waals surface area contributed by atoms with Crippen molar-refractivity contribution in [2.75, 3.05) is 7.11 Å². The first-order chi connectivity index (χ1) is 13.0. The molecule has 3 rings (SSSR count). The number of carbonyl (C=O) groups excluding carboxylic acids is 1. The molecular formula is C20H26N4O3. The summed E-state index contributed by atoms with van der Waals surface area (Å²) in [5, 5.41) is 8.33. The number of carbonyl (C=O) groups is 1. The lowest BCUT2D eigenvalue weighted by Crippen LogP contribution is -2.30. The number of hydrogen-bond acceptors (Lipinski definition) is 6. The van der Waals surface area contributed by atoms with E-state index in [1.54, 1.807) is 4.68 Å². The van der Waals surface area contributed by atoms with E-state index in [0.717, 1.165) is 47.8 Å². The molecule has 0 aromatic carbocycles. The smallest absolute Gasteiger partial charge is 0.308 e. The number of allylic oxidation sites excluding steroid dienone is 1. The highest BCUT2D eigenvalue weighted by molar-refractivity contribution is 5.72. The van der Waals surface area contributed by atoms with Gasteiger partial charge in [-0.25, -0.2) is 9.67 Å². The highest BCUT2D eigenvalue weighted by Crippen LogP contribution is 2.31. The Morgan fingerprint density at radius 3 is 2.85 bits per heavy atom. The van der Waals surface area contributed by atoms with E-state index in [2.05, 4.69) is 15.3 Å². The molecule has 0 N–H and O–H groups in total. The lowest BCUT2D eigenvalue weighted by Gasteiger charge is -2.28. The molecule has 2 atom stereocenters. The average molecular weight is 370 g/mol. The van der Waals surface area contributed by atoms with Crippen LogP contribution in [0.3, 0.4) is 0 Å². The summed E-state index contributed by atoms with van der Waals surface area (Å²) in [6, 6.07) is 3.83. The van der Waals surface area contributed by atoms with Crippen LogP contribution in [0.1, 0.15) is 44.0 Å². The van der Waals surface area contributed by atoms with Crippen LogP contribution in [0.15, 0.2) is 18.2 Å². The van der Waals surface area contributed by atoms with Crippen molar-refractivity contribution < 1.29 is 14.3 Å². The van der Waals surface area contributed by atoms with Crippen molar-refractivity contribution in [1.29, 1.82) is 0 Å². The molecule has 0 saturated heterocycles. The molecule has 1 aliphatic carbocycles.